The first-order valence-electron chi connectivity index (χ1n) is 9.17. The highest BCUT2D eigenvalue weighted by atomic mass is 32.1. The van der Waals surface area contributed by atoms with Crippen molar-refractivity contribution in [2.45, 2.75) is 0 Å². The first-order chi connectivity index (χ1) is 13.9. The third kappa shape index (κ3) is 2.22. The molecule has 0 amide bonds. The van der Waals surface area contributed by atoms with E-state index in [0.717, 1.165) is 17.1 Å². The molecule has 0 saturated heterocycles. The molecule has 3 nitrogen and oxygen atoms in total. The fraction of sp³-hybridized carbons (Fsp3) is 0. The minimum atomic E-state index is 0.880. The molecule has 0 bridgehead atoms. The summed E-state index contributed by atoms with van der Waals surface area (Å²) in [6, 6.07) is 25.3. The molecule has 0 aliphatic rings. The number of nitrogens with zero attached hydrogens (tertiary/aromatic N) is 3. The fourth-order valence-electron chi connectivity index (χ4n) is 3.94. The lowest BCUT2D eigenvalue weighted by molar-refractivity contribution is 1.14. The van der Waals surface area contributed by atoms with E-state index < -0.39 is 0 Å². The van der Waals surface area contributed by atoms with Gasteiger partial charge in [-0.25, -0.2) is 0 Å². The molecule has 2 aromatic carbocycles. The summed E-state index contributed by atoms with van der Waals surface area (Å²) in [5.74, 6) is 0. The second kappa shape index (κ2) is 6.01. The molecule has 0 radical (unpaired) electrons. The van der Waals surface area contributed by atoms with Crippen LogP contribution in [0, 0.1) is 0 Å². The Kier molecular flexibility index (Phi) is 3.34. The van der Waals surface area contributed by atoms with E-state index in [9.17, 15) is 0 Å². The van der Waals surface area contributed by atoms with Gasteiger partial charge in [0.2, 0.25) is 0 Å². The SMILES string of the molecule is c1ccc(-c2ccc(-n3c4ccccc4c4c5sccc5ccc43)cn2)nc1. The topological polar surface area (TPSA) is 30.7 Å². The third-order valence-corrected chi connectivity index (χ3v) is 6.14. The maximum Gasteiger partial charge on any atom is 0.0887 e. The quantitative estimate of drug-likeness (QED) is 0.347. The van der Waals surface area contributed by atoms with Gasteiger partial charge in [0.25, 0.3) is 0 Å². The lowest BCUT2D eigenvalue weighted by Crippen LogP contribution is -1.95. The van der Waals surface area contributed by atoms with Crippen LogP contribution in [0.5, 0.6) is 0 Å². The van der Waals surface area contributed by atoms with Crippen LogP contribution in [0.15, 0.2) is 90.6 Å². The number of hydrogen-bond acceptors (Lipinski definition) is 3. The maximum atomic E-state index is 4.69. The molecule has 0 spiro atoms. The van der Waals surface area contributed by atoms with Gasteiger partial charge >= 0.3 is 0 Å². The fourth-order valence-corrected chi connectivity index (χ4v) is 4.90. The molecule has 6 rings (SSSR count). The molecule has 132 valence electrons. The standard InChI is InChI=1S/C24H15N3S/c1-2-7-21-18(5-1)23-22(11-8-16-12-14-28-24(16)23)27(21)17-9-10-20(26-15-17)19-6-3-4-13-25-19/h1-15H. The highest BCUT2D eigenvalue weighted by molar-refractivity contribution is 7.18. The average molecular weight is 377 g/mol. The highest BCUT2D eigenvalue weighted by Gasteiger charge is 2.15. The molecule has 4 aromatic heterocycles. The van der Waals surface area contributed by atoms with Crippen LogP contribution in [0.1, 0.15) is 0 Å². The largest absolute Gasteiger partial charge is 0.308 e. The zero-order chi connectivity index (χ0) is 18.5. The van der Waals surface area contributed by atoms with Gasteiger partial charge in [0.1, 0.15) is 0 Å². The Bertz CT molecular complexity index is 1440. The molecule has 0 aliphatic heterocycles. The molecule has 0 fully saturated rings. The number of pyridine rings is 2. The van der Waals surface area contributed by atoms with E-state index in [1.165, 1.54) is 31.9 Å². The highest BCUT2D eigenvalue weighted by Crippen LogP contribution is 2.38. The Balaban J connectivity index is 1.63. The van der Waals surface area contributed by atoms with Gasteiger partial charge in [-0.15, -0.1) is 11.3 Å². The molecule has 4 heterocycles. The van der Waals surface area contributed by atoms with Crippen molar-refractivity contribution in [2.24, 2.45) is 0 Å². The first-order valence-corrected chi connectivity index (χ1v) is 10.1. The zero-order valence-corrected chi connectivity index (χ0v) is 15.7. The number of rotatable bonds is 2. The van der Waals surface area contributed by atoms with Crippen LogP contribution in [0.3, 0.4) is 0 Å². The molecule has 4 heteroatoms. The zero-order valence-electron chi connectivity index (χ0n) is 14.9. The van der Waals surface area contributed by atoms with Crippen LogP contribution in [-0.4, -0.2) is 14.5 Å². The number of thiophene rings is 1. The minimum Gasteiger partial charge on any atom is -0.308 e. The Morgan fingerprint density at radius 2 is 1.61 bits per heavy atom. The monoisotopic (exact) mass is 377 g/mol. The average Bonchev–Trinajstić information content (AvgIpc) is 3.36. The van der Waals surface area contributed by atoms with E-state index in [0.29, 0.717) is 0 Å². The molecule has 0 N–H and O–H groups in total. The summed E-state index contributed by atoms with van der Waals surface area (Å²) in [5.41, 5.74) is 5.23. The number of fused-ring (bicyclic) bond motifs is 5. The summed E-state index contributed by atoms with van der Waals surface area (Å²) in [4.78, 5) is 9.09. The maximum absolute atomic E-state index is 4.69. The number of benzene rings is 2. The van der Waals surface area contributed by atoms with Gasteiger partial charge in [0, 0.05) is 21.7 Å². The van der Waals surface area contributed by atoms with E-state index in [4.69, 9.17) is 4.98 Å². The normalized spacial score (nSPS) is 11.6. The van der Waals surface area contributed by atoms with Gasteiger partial charge in [-0.05, 0) is 53.2 Å². The van der Waals surface area contributed by atoms with Crippen molar-refractivity contribution < 1.29 is 0 Å². The van der Waals surface area contributed by atoms with Gasteiger partial charge in [0.05, 0.1) is 34.3 Å². The van der Waals surface area contributed by atoms with Crippen LogP contribution in [0.2, 0.25) is 0 Å². The van der Waals surface area contributed by atoms with Crippen molar-refractivity contribution in [1.29, 1.82) is 0 Å². The van der Waals surface area contributed by atoms with E-state index in [2.05, 4.69) is 63.5 Å². The molecule has 28 heavy (non-hydrogen) atoms. The Morgan fingerprint density at radius 3 is 2.46 bits per heavy atom. The van der Waals surface area contributed by atoms with Crippen LogP contribution in [0.4, 0.5) is 0 Å². The van der Waals surface area contributed by atoms with Gasteiger partial charge in [0.15, 0.2) is 0 Å². The van der Waals surface area contributed by atoms with E-state index in [-0.39, 0.29) is 0 Å². The van der Waals surface area contributed by atoms with Gasteiger partial charge < -0.3 is 4.57 Å². The molecular formula is C24H15N3S. The molecule has 0 unspecified atom stereocenters. The second-order valence-electron chi connectivity index (χ2n) is 6.77. The predicted octanol–water partition coefficient (Wildman–Crippen LogP) is 6.46. The van der Waals surface area contributed by atoms with Gasteiger partial charge in [-0.1, -0.05) is 30.3 Å². The second-order valence-corrected chi connectivity index (χ2v) is 7.68. The van der Waals surface area contributed by atoms with E-state index in [1.54, 1.807) is 17.5 Å². The lowest BCUT2D eigenvalue weighted by atomic mass is 10.1. The molecule has 6 aromatic rings. The Morgan fingerprint density at radius 1 is 0.714 bits per heavy atom. The van der Waals surface area contributed by atoms with Crippen LogP contribution < -0.4 is 0 Å². The smallest absolute Gasteiger partial charge is 0.0887 e. The molecule has 0 aliphatic carbocycles. The van der Waals surface area contributed by atoms with Crippen LogP contribution in [-0.2, 0) is 0 Å². The summed E-state index contributed by atoms with van der Waals surface area (Å²) in [6.45, 7) is 0. The minimum absolute atomic E-state index is 0.880. The summed E-state index contributed by atoms with van der Waals surface area (Å²) in [5, 5.41) is 6.06. The van der Waals surface area contributed by atoms with E-state index >= 15 is 0 Å². The van der Waals surface area contributed by atoms with Crippen LogP contribution >= 0.6 is 11.3 Å². The van der Waals surface area contributed by atoms with Crippen molar-refractivity contribution in [1.82, 2.24) is 14.5 Å². The molecule has 0 atom stereocenters. The Hall–Kier alpha value is -3.50. The van der Waals surface area contributed by atoms with Crippen LogP contribution in [0.25, 0.3) is 49.0 Å². The number of para-hydroxylation sites is 1. The van der Waals surface area contributed by atoms with Crippen molar-refractivity contribution in [3.63, 3.8) is 0 Å². The first kappa shape index (κ1) is 15.5. The number of hydrogen-bond donors (Lipinski definition) is 0. The van der Waals surface area contributed by atoms with Crippen molar-refractivity contribution in [3.8, 4) is 17.1 Å². The summed E-state index contributed by atoms with van der Waals surface area (Å²) >= 11 is 1.80. The number of aromatic nitrogens is 3. The van der Waals surface area contributed by atoms with Crippen molar-refractivity contribution >= 4 is 43.2 Å². The summed E-state index contributed by atoms with van der Waals surface area (Å²) in [6.07, 6.45) is 3.73. The summed E-state index contributed by atoms with van der Waals surface area (Å²) < 4.78 is 3.64. The van der Waals surface area contributed by atoms with Crippen molar-refractivity contribution in [2.75, 3.05) is 0 Å². The third-order valence-electron chi connectivity index (χ3n) is 5.19. The summed E-state index contributed by atoms with van der Waals surface area (Å²) in [7, 11) is 0. The van der Waals surface area contributed by atoms with E-state index in [1.807, 2.05) is 30.5 Å². The lowest BCUT2D eigenvalue weighted by Gasteiger charge is -2.08. The van der Waals surface area contributed by atoms with Gasteiger partial charge in [-0.3, -0.25) is 9.97 Å². The molecule has 0 saturated carbocycles. The predicted molar refractivity (Wildman–Crippen MR) is 117 cm³/mol. The molecular weight excluding hydrogens is 362 g/mol. The van der Waals surface area contributed by atoms with Gasteiger partial charge in [-0.2, -0.15) is 0 Å². The van der Waals surface area contributed by atoms with Crippen molar-refractivity contribution in [3.05, 3.63) is 90.6 Å². The Labute approximate surface area is 165 Å².